The second-order valence-electron chi connectivity index (χ2n) is 8.14. The molecule has 0 atom stereocenters. The third kappa shape index (κ3) is 4.64. The molecule has 1 aliphatic heterocycles. The summed E-state index contributed by atoms with van der Waals surface area (Å²) in [6.07, 6.45) is -0.349. The standard InChI is InChI=1S/C20H31N3O4/c1-12-15(11-16(24)25)13(2)18(14(3)17(12)21)22-7-9-23(10-8-22)19(26)27-20(4,5)6/h7-11,21H2,1-6H3,(H,24,25). The monoisotopic (exact) mass is 377 g/mol. The maximum Gasteiger partial charge on any atom is 0.410 e. The Balaban J connectivity index is 2.24. The molecule has 2 rings (SSSR count). The topological polar surface area (TPSA) is 96.1 Å². The van der Waals surface area contributed by atoms with E-state index in [0.717, 1.165) is 27.9 Å². The number of carbonyl (C=O) groups is 2. The molecule has 1 saturated heterocycles. The molecule has 1 aliphatic rings. The number of amides is 1. The number of benzene rings is 1. The first-order valence-electron chi connectivity index (χ1n) is 9.25. The summed E-state index contributed by atoms with van der Waals surface area (Å²) in [7, 11) is 0. The van der Waals surface area contributed by atoms with Gasteiger partial charge in [0.25, 0.3) is 0 Å². The number of hydrogen-bond donors (Lipinski definition) is 2. The number of nitrogens with zero attached hydrogens (tertiary/aromatic N) is 2. The van der Waals surface area contributed by atoms with Gasteiger partial charge in [-0.25, -0.2) is 4.79 Å². The van der Waals surface area contributed by atoms with Gasteiger partial charge in [-0.3, -0.25) is 4.79 Å². The predicted molar refractivity (Wildman–Crippen MR) is 106 cm³/mol. The Morgan fingerprint density at radius 3 is 2.07 bits per heavy atom. The van der Waals surface area contributed by atoms with Gasteiger partial charge in [0.1, 0.15) is 5.60 Å². The van der Waals surface area contributed by atoms with Gasteiger partial charge in [-0.15, -0.1) is 0 Å². The Hall–Kier alpha value is -2.44. The van der Waals surface area contributed by atoms with Gasteiger partial charge in [-0.2, -0.15) is 0 Å². The number of carbonyl (C=O) groups excluding carboxylic acids is 1. The van der Waals surface area contributed by atoms with Crippen LogP contribution in [0.15, 0.2) is 0 Å². The Kier molecular flexibility index (Phi) is 5.92. The SMILES string of the molecule is Cc1c(N)c(C)c(N2CCN(C(=O)OC(C)(C)C)CC2)c(C)c1CC(=O)O. The molecule has 1 aromatic carbocycles. The molecule has 0 unspecified atom stereocenters. The number of rotatable bonds is 3. The fraction of sp³-hybridized carbons (Fsp3) is 0.600. The number of piperazine rings is 1. The van der Waals surface area contributed by atoms with Crippen molar-refractivity contribution in [3.63, 3.8) is 0 Å². The summed E-state index contributed by atoms with van der Waals surface area (Å²) in [6, 6.07) is 0. The van der Waals surface area contributed by atoms with Gasteiger partial charge in [0.2, 0.25) is 0 Å². The van der Waals surface area contributed by atoms with Crippen LogP contribution in [0.3, 0.4) is 0 Å². The van der Waals surface area contributed by atoms with Crippen LogP contribution >= 0.6 is 0 Å². The zero-order valence-electron chi connectivity index (χ0n) is 17.2. The Labute approximate surface area is 161 Å². The molecule has 0 aromatic heterocycles. The van der Waals surface area contributed by atoms with E-state index in [1.54, 1.807) is 4.90 Å². The van der Waals surface area contributed by atoms with E-state index in [1.807, 2.05) is 41.5 Å². The van der Waals surface area contributed by atoms with E-state index in [4.69, 9.17) is 10.5 Å². The zero-order chi connectivity index (χ0) is 20.5. The molecule has 7 heteroatoms. The van der Waals surface area contributed by atoms with E-state index in [1.165, 1.54) is 0 Å². The van der Waals surface area contributed by atoms with Crippen molar-refractivity contribution >= 4 is 23.4 Å². The molecular formula is C20H31N3O4. The van der Waals surface area contributed by atoms with Crippen LogP contribution in [0, 0.1) is 20.8 Å². The van der Waals surface area contributed by atoms with E-state index < -0.39 is 11.6 Å². The van der Waals surface area contributed by atoms with Crippen molar-refractivity contribution < 1.29 is 19.4 Å². The van der Waals surface area contributed by atoms with Crippen molar-refractivity contribution in [2.75, 3.05) is 36.8 Å². The van der Waals surface area contributed by atoms with Crippen molar-refractivity contribution in [3.05, 3.63) is 22.3 Å². The number of carboxylic acids is 1. The first-order chi connectivity index (χ1) is 12.4. The molecule has 150 valence electrons. The minimum absolute atomic E-state index is 0.0486. The molecule has 1 aromatic rings. The lowest BCUT2D eigenvalue weighted by molar-refractivity contribution is -0.136. The van der Waals surface area contributed by atoms with E-state index in [9.17, 15) is 14.7 Å². The minimum atomic E-state index is -0.870. The highest BCUT2D eigenvalue weighted by Crippen LogP contribution is 2.36. The summed E-state index contributed by atoms with van der Waals surface area (Å²) >= 11 is 0. The molecule has 27 heavy (non-hydrogen) atoms. The van der Waals surface area contributed by atoms with Crippen molar-refractivity contribution in [1.82, 2.24) is 4.90 Å². The van der Waals surface area contributed by atoms with Gasteiger partial charge in [0.05, 0.1) is 6.42 Å². The molecule has 0 aliphatic carbocycles. The fourth-order valence-corrected chi connectivity index (χ4v) is 3.61. The smallest absolute Gasteiger partial charge is 0.410 e. The minimum Gasteiger partial charge on any atom is -0.481 e. The van der Waals surface area contributed by atoms with Crippen LogP contribution in [-0.4, -0.2) is 53.8 Å². The molecule has 1 heterocycles. The molecule has 0 saturated carbocycles. The first kappa shape index (κ1) is 20.9. The Morgan fingerprint density at radius 1 is 1.04 bits per heavy atom. The van der Waals surface area contributed by atoms with Gasteiger partial charge in [-0.1, -0.05) is 0 Å². The molecule has 0 radical (unpaired) electrons. The highest BCUT2D eigenvalue weighted by atomic mass is 16.6. The average molecular weight is 377 g/mol. The highest BCUT2D eigenvalue weighted by molar-refractivity contribution is 5.79. The van der Waals surface area contributed by atoms with Crippen LogP contribution < -0.4 is 10.6 Å². The lowest BCUT2D eigenvalue weighted by Gasteiger charge is -2.38. The number of nitrogen functional groups attached to an aromatic ring is 1. The number of carboxylic acid groups (broad SMARTS) is 1. The number of nitrogens with two attached hydrogens (primary N) is 1. The van der Waals surface area contributed by atoms with Crippen LogP contribution in [0.2, 0.25) is 0 Å². The summed E-state index contributed by atoms with van der Waals surface area (Å²) < 4.78 is 5.45. The van der Waals surface area contributed by atoms with E-state index in [0.29, 0.717) is 31.9 Å². The molecule has 3 N–H and O–H groups in total. The van der Waals surface area contributed by atoms with Gasteiger partial charge >= 0.3 is 12.1 Å². The van der Waals surface area contributed by atoms with Crippen LogP contribution in [0.25, 0.3) is 0 Å². The lowest BCUT2D eigenvalue weighted by atomic mass is 9.92. The maximum absolute atomic E-state index is 12.3. The predicted octanol–water partition coefficient (Wildman–Crippen LogP) is 2.88. The number of anilines is 2. The summed E-state index contributed by atoms with van der Waals surface area (Å²) in [5.41, 5.74) is 10.9. The van der Waals surface area contributed by atoms with E-state index in [-0.39, 0.29) is 12.5 Å². The third-order valence-corrected chi connectivity index (χ3v) is 5.00. The van der Waals surface area contributed by atoms with Gasteiger partial charge in [0, 0.05) is 37.6 Å². The summed E-state index contributed by atoms with van der Waals surface area (Å²) in [6.45, 7) is 13.8. The normalized spacial score (nSPS) is 15.0. The summed E-state index contributed by atoms with van der Waals surface area (Å²) in [5.74, 6) is -0.870. The Bertz CT molecular complexity index is 745. The summed E-state index contributed by atoms with van der Waals surface area (Å²) in [4.78, 5) is 27.4. The van der Waals surface area contributed by atoms with Gasteiger partial charge in [0.15, 0.2) is 0 Å². The molecule has 1 amide bonds. The number of aliphatic carboxylic acids is 1. The molecular weight excluding hydrogens is 346 g/mol. The zero-order valence-corrected chi connectivity index (χ0v) is 17.2. The van der Waals surface area contributed by atoms with E-state index in [2.05, 4.69) is 4.90 Å². The molecule has 1 fully saturated rings. The fourth-order valence-electron chi connectivity index (χ4n) is 3.61. The van der Waals surface area contributed by atoms with Crippen molar-refractivity contribution in [2.24, 2.45) is 0 Å². The first-order valence-corrected chi connectivity index (χ1v) is 9.25. The maximum atomic E-state index is 12.3. The van der Waals surface area contributed by atoms with Gasteiger partial charge < -0.3 is 25.4 Å². The van der Waals surface area contributed by atoms with Crippen LogP contribution in [0.1, 0.15) is 43.0 Å². The third-order valence-electron chi connectivity index (χ3n) is 5.00. The van der Waals surface area contributed by atoms with E-state index >= 15 is 0 Å². The van der Waals surface area contributed by atoms with Gasteiger partial charge in [-0.05, 0) is 63.8 Å². The van der Waals surface area contributed by atoms with Crippen molar-refractivity contribution in [3.8, 4) is 0 Å². The average Bonchev–Trinajstić information content (AvgIpc) is 2.56. The van der Waals surface area contributed by atoms with Crippen molar-refractivity contribution in [2.45, 2.75) is 53.6 Å². The van der Waals surface area contributed by atoms with Crippen LogP contribution in [-0.2, 0) is 16.0 Å². The number of hydrogen-bond acceptors (Lipinski definition) is 5. The second-order valence-corrected chi connectivity index (χ2v) is 8.14. The summed E-state index contributed by atoms with van der Waals surface area (Å²) in [5, 5.41) is 9.25. The molecule has 0 bridgehead atoms. The quantitative estimate of drug-likeness (QED) is 0.787. The highest BCUT2D eigenvalue weighted by Gasteiger charge is 2.28. The van der Waals surface area contributed by atoms with Crippen LogP contribution in [0.5, 0.6) is 0 Å². The Morgan fingerprint density at radius 2 is 1.59 bits per heavy atom. The second kappa shape index (κ2) is 7.66. The molecule has 0 spiro atoms. The van der Waals surface area contributed by atoms with Crippen molar-refractivity contribution in [1.29, 1.82) is 0 Å². The lowest BCUT2D eigenvalue weighted by Crippen LogP contribution is -2.50. The number of ether oxygens (including phenoxy) is 1. The molecule has 7 nitrogen and oxygen atoms in total. The largest absolute Gasteiger partial charge is 0.481 e. The van der Waals surface area contributed by atoms with Crippen LogP contribution in [0.4, 0.5) is 16.2 Å².